The summed E-state index contributed by atoms with van der Waals surface area (Å²) in [4.78, 5) is 13.5. The molecule has 0 aliphatic rings. The number of rotatable bonds is 5. The predicted octanol–water partition coefficient (Wildman–Crippen LogP) is 2.35. The summed E-state index contributed by atoms with van der Waals surface area (Å²) in [5.41, 5.74) is 1.31. The number of anilines is 1. The highest BCUT2D eigenvalue weighted by Crippen LogP contribution is 2.33. The Labute approximate surface area is 112 Å². The Kier molecular flexibility index (Phi) is 4.14. The first kappa shape index (κ1) is 13.2. The minimum Gasteiger partial charge on any atom is -0.359 e. The molecule has 0 radical (unpaired) electrons. The number of fused-ring (bicyclic) bond motifs is 1. The molecule has 4 nitrogen and oxygen atoms in total. The molecule has 0 saturated heterocycles. The summed E-state index contributed by atoms with van der Waals surface area (Å²) in [6.07, 6.45) is 2.78. The van der Waals surface area contributed by atoms with E-state index < -0.39 is 0 Å². The van der Waals surface area contributed by atoms with Gasteiger partial charge in [0.25, 0.3) is 0 Å². The molecule has 0 spiro atoms. The Bertz CT molecular complexity index is 535. The average Bonchev–Trinajstić information content (AvgIpc) is 2.65. The van der Waals surface area contributed by atoms with E-state index in [1.54, 1.807) is 17.7 Å². The van der Waals surface area contributed by atoms with Crippen LogP contribution in [0.1, 0.15) is 16.9 Å². The SMILES string of the molecule is CNCCCN(C)c1ncnc2sc(C)c(C)c12. The molecule has 2 rings (SSSR count). The highest BCUT2D eigenvalue weighted by atomic mass is 32.1. The lowest BCUT2D eigenvalue weighted by molar-refractivity contribution is 0.710. The third kappa shape index (κ3) is 2.47. The normalized spacial score (nSPS) is 11.1. The number of nitrogens with one attached hydrogen (secondary N) is 1. The maximum atomic E-state index is 4.46. The van der Waals surface area contributed by atoms with Gasteiger partial charge in [-0.15, -0.1) is 11.3 Å². The molecular formula is C13H20N4S. The van der Waals surface area contributed by atoms with Crippen molar-refractivity contribution >= 4 is 27.4 Å². The maximum absolute atomic E-state index is 4.46. The topological polar surface area (TPSA) is 41.0 Å². The van der Waals surface area contributed by atoms with E-state index in [1.165, 1.54) is 15.8 Å². The first-order chi connectivity index (χ1) is 8.65. The summed E-state index contributed by atoms with van der Waals surface area (Å²) in [6, 6.07) is 0. The molecule has 0 aromatic carbocycles. The van der Waals surface area contributed by atoms with Gasteiger partial charge in [0.1, 0.15) is 17.0 Å². The van der Waals surface area contributed by atoms with Gasteiger partial charge >= 0.3 is 0 Å². The molecule has 0 unspecified atom stereocenters. The second-order valence-corrected chi connectivity index (χ2v) is 5.74. The third-order valence-electron chi connectivity index (χ3n) is 3.23. The second kappa shape index (κ2) is 5.63. The van der Waals surface area contributed by atoms with Gasteiger partial charge in [-0.3, -0.25) is 0 Å². The van der Waals surface area contributed by atoms with E-state index in [0.717, 1.165) is 30.2 Å². The van der Waals surface area contributed by atoms with Crippen molar-refractivity contribution < 1.29 is 0 Å². The molecule has 98 valence electrons. The lowest BCUT2D eigenvalue weighted by Crippen LogP contribution is -2.23. The number of hydrogen-bond acceptors (Lipinski definition) is 5. The van der Waals surface area contributed by atoms with Gasteiger partial charge in [0, 0.05) is 18.5 Å². The van der Waals surface area contributed by atoms with Crippen LogP contribution in [-0.2, 0) is 0 Å². The van der Waals surface area contributed by atoms with Gasteiger partial charge in [0.2, 0.25) is 0 Å². The molecule has 0 fully saturated rings. The molecule has 2 aromatic rings. The van der Waals surface area contributed by atoms with Crippen LogP contribution in [0.5, 0.6) is 0 Å². The van der Waals surface area contributed by atoms with Gasteiger partial charge in [-0.05, 0) is 39.4 Å². The quantitative estimate of drug-likeness (QED) is 0.842. The molecule has 2 aromatic heterocycles. The highest BCUT2D eigenvalue weighted by Gasteiger charge is 2.14. The molecule has 0 aliphatic heterocycles. The van der Waals surface area contributed by atoms with E-state index in [2.05, 4.69) is 41.1 Å². The van der Waals surface area contributed by atoms with Gasteiger partial charge in [-0.2, -0.15) is 0 Å². The molecule has 0 aliphatic carbocycles. The lowest BCUT2D eigenvalue weighted by Gasteiger charge is -2.19. The maximum Gasteiger partial charge on any atom is 0.140 e. The van der Waals surface area contributed by atoms with Crippen molar-refractivity contribution in [2.24, 2.45) is 0 Å². The third-order valence-corrected chi connectivity index (χ3v) is 4.34. The largest absolute Gasteiger partial charge is 0.359 e. The van der Waals surface area contributed by atoms with Crippen LogP contribution in [0.15, 0.2) is 6.33 Å². The Morgan fingerprint density at radius 2 is 2.11 bits per heavy atom. The number of aryl methyl sites for hydroxylation is 2. The van der Waals surface area contributed by atoms with Gasteiger partial charge < -0.3 is 10.2 Å². The standard InChI is InChI=1S/C13H20N4S/c1-9-10(2)18-13-11(9)12(15-8-16-13)17(4)7-5-6-14-3/h8,14H,5-7H2,1-4H3. The molecule has 18 heavy (non-hydrogen) atoms. The van der Waals surface area contributed by atoms with Gasteiger partial charge in [-0.1, -0.05) is 0 Å². The van der Waals surface area contributed by atoms with E-state index in [1.807, 2.05) is 7.05 Å². The van der Waals surface area contributed by atoms with Gasteiger partial charge in [0.05, 0.1) is 5.39 Å². The predicted molar refractivity (Wildman–Crippen MR) is 78.7 cm³/mol. The molecule has 5 heteroatoms. The van der Waals surface area contributed by atoms with Crippen LogP contribution in [0.2, 0.25) is 0 Å². The van der Waals surface area contributed by atoms with Crippen molar-refractivity contribution in [1.82, 2.24) is 15.3 Å². The summed E-state index contributed by atoms with van der Waals surface area (Å²) in [5.74, 6) is 1.05. The van der Waals surface area contributed by atoms with E-state index in [4.69, 9.17) is 0 Å². The summed E-state index contributed by atoms with van der Waals surface area (Å²) >= 11 is 1.75. The fourth-order valence-electron chi connectivity index (χ4n) is 2.05. The van der Waals surface area contributed by atoms with Crippen molar-refractivity contribution in [3.8, 4) is 0 Å². The monoisotopic (exact) mass is 264 g/mol. The molecule has 0 saturated carbocycles. The van der Waals surface area contributed by atoms with Crippen molar-refractivity contribution in [2.75, 3.05) is 32.1 Å². The summed E-state index contributed by atoms with van der Waals surface area (Å²) < 4.78 is 0. The van der Waals surface area contributed by atoms with Crippen molar-refractivity contribution in [2.45, 2.75) is 20.3 Å². The minimum absolute atomic E-state index is 1.00. The molecule has 0 atom stereocenters. The van der Waals surface area contributed by atoms with Crippen LogP contribution >= 0.6 is 11.3 Å². The summed E-state index contributed by atoms with van der Waals surface area (Å²) in [7, 11) is 4.08. The molecule has 0 bridgehead atoms. The van der Waals surface area contributed by atoms with E-state index in [0.29, 0.717) is 0 Å². The van der Waals surface area contributed by atoms with E-state index >= 15 is 0 Å². The number of thiophene rings is 1. The average molecular weight is 264 g/mol. The Balaban J connectivity index is 2.32. The summed E-state index contributed by atoms with van der Waals surface area (Å²) in [5, 5.41) is 4.38. The molecule has 1 N–H and O–H groups in total. The minimum atomic E-state index is 1.00. The zero-order valence-corrected chi connectivity index (χ0v) is 12.3. The Hall–Kier alpha value is -1.20. The van der Waals surface area contributed by atoms with Crippen LogP contribution in [0, 0.1) is 13.8 Å². The fraction of sp³-hybridized carbons (Fsp3) is 0.538. The number of nitrogens with zero attached hydrogens (tertiary/aromatic N) is 3. The number of hydrogen-bond donors (Lipinski definition) is 1. The Morgan fingerprint density at radius 3 is 2.83 bits per heavy atom. The van der Waals surface area contributed by atoms with Crippen LogP contribution in [0.25, 0.3) is 10.2 Å². The van der Waals surface area contributed by atoms with Crippen molar-refractivity contribution in [3.05, 3.63) is 16.8 Å². The van der Waals surface area contributed by atoms with Crippen molar-refractivity contribution in [3.63, 3.8) is 0 Å². The zero-order chi connectivity index (χ0) is 13.1. The van der Waals surface area contributed by atoms with Crippen LogP contribution in [0.3, 0.4) is 0 Å². The molecular weight excluding hydrogens is 244 g/mol. The van der Waals surface area contributed by atoms with E-state index in [9.17, 15) is 0 Å². The highest BCUT2D eigenvalue weighted by molar-refractivity contribution is 7.18. The van der Waals surface area contributed by atoms with Crippen molar-refractivity contribution in [1.29, 1.82) is 0 Å². The smallest absolute Gasteiger partial charge is 0.140 e. The first-order valence-electron chi connectivity index (χ1n) is 6.21. The second-order valence-electron chi connectivity index (χ2n) is 4.54. The van der Waals surface area contributed by atoms with Crippen LogP contribution in [0.4, 0.5) is 5.82 Å². The summed E-state index contributed by atoms with van der Waals surface area (Å²) in [6.45, 7) is 6.33. The van der Waals surface area contributed by atoms with Gasteiger partial charge in [-0.25, -0.2) is 9.97 Å². The first-order valence-corrected chi connectivity index (χ1v) is 7.03. The van der Waals surface area contributed by atoms with Crippen LogP contribution in [-0.4, -0.2) is 37.2 Å². The zero-order valence-electron chi connectivity index (χ0n) is 11.4. The molecule has 0 amide bonds. The van der Waals surface area contributed by atoms with Crippen LogP contribution < -0.4 is 10.2 Å². The van der Waals surface area contributed by atoms with Gasteiger partial charge in [0.15, 0.2) is 0 Å². The van der Waals surface area contributed by atoms with E-state index in [-0.39, 0.29) is 0 Å². The molecule has 2 heterocycles. The fourth-order valence-corrected chi connectivity index (χ4v) is 3.04. The lowest BCUT2D eigenvalue weighted by atomic mass is 10.2. The number of aromatic nitrogens is 2. The Morgan fingerprint density at radius 1 is 1.33 bits per heavy atom.